The van der Waals surface area contributed by atoms with Crippen LogP contribution in [-0.2, 0) is 4.79 Å². The van der Waals surface area contributed by atoms with Crippen LogP contribution in [0.3, 0.4) is 0 Å². The number of thioether (sulfide) groups is 1. The van der Waals surface area contributed by atoms with Crippen molar-refractivity contribution in [1.29, 1.82) is 5.41 Å². The summed E-state index contributed by atoms with van der Waals surface area (Å²) in [4.78, 5) is 16.9. The van der Waals surface area contributed by atoms with Crippen molar-refractivity contribution in [2.24, 2.45) is 10.1 Å². The molecule has 1 N–H and O–H groups in total. The molecular weight excluding hydrogens is 410 g/mol. The number of aromatic nitrogens is 1. The smallest absolute Gasteiger partial charge is 0.283 e. The maximum atomic E-state index is 12.7. The number of hydrogen-bond acceptors (Lipinski definition) is 5. The molecule has 0 bridgehead atoms. The van der Waals surface area contributed by atoms with Crippen LogP contribution in [0.4, 0.5) is 0 Å². The minimum Gasteiger partial charge on any atom is -0.494 e. The standard InChI is InChI=1S/C23H25N5O2S/c1-3-5-6-9-20-26-28-21(24)19(22(29)25-23(28)31-20)15-17-8-7-14-27(17)16-10-12-18(13-11-16)30-4-2/h7-8,10-15,24H,3-6,9H2,1-2H3/b19-15+,24-21?. The molecule has 31 heavy (non-hydrogen) atoms. The van der Waals surface area contributed by atoms with Gasteiger partial charge in [0, 0.05) is 17.6 Å². The molecular formula is C23H25N5O2S. The van der Waals surface area contributed by atoms with Crippen molar-refractivity contribution >= 4 is 39.8 Å². The van der Waals surface area contributed by atoms with Gasteiger partial charge in [-0.3, -0.25) is 10.2 Å². The van der Waals surface area contributed by atoms with Crippen molar-refractivity contribution in [1.82, 2.24) is 9.58 Å². The van der Waals surface area contributed by atoms with Gasteiger partial charge in [-0.15, -0.1) is 0 Å². The van der Waals surface area contributed by atoms with Gasteiger partial charge in [-0.1, -0.05) is 19.8 Å². The van der Waals surface area contributed by atoms with Gasteiger partial charge in [-0.25, -0.2) is 0 Å². The quantitative estimate of drug-likeness (QED) is 0.463. The van der Waals surface area contributed by atoms with Crippen molar-refractivity contribution in [2.45, 2.75) is 39.5 Å². The molecule has 160 valence electrons. The van der Waals surface area contributed by atoms with Gasteiger partial charge in [0.1, 0.15) is 10.8 Å². The Morgan fingerprint density at radius 3 is 2.71 bits per heavy atom. The first-order valence-electron chi connectivity index (χ1n) is 10.5. The minimum atomic E-state index is -0.409. The second-order valence-corrected chi connectivity index (χ2v) is 8.24. The lowest BCUT2D eigenvalue weighted by molar-refractivity contribution is -0.114. The highest BCUT2D eigenvalue weighted by molar-refractivity contribution is 8.26. The number of amidine groups is 2. The van der Waals surface area contributed by atoms with Crippen LogP contribution in [-0.4, -0.2) is 38.1 Å². The zero-order valence-corrected chi connectivity index (χ0v) is 18.5. The van der Waals surface area contributed by atoms with E-state index < -0.39 is 5.91 Å². The van der Waals surface area contributed by atoms with Crippen LogP contribution in [0, 0.1) is 5.41 Å². The number of benzene rings is 1. The first kappa shape index (κ1) is 21.1. The molecule has 0 radical (unpaired) electrons. The van der Waals surface area contributed by atoms with E-state index in [0.717, 1.165) is 47.9 Å². The van der Waals surface area contributed by atoms with Crippen molar-refractivity contribution in [2.75, 3.05) is 6.61 Å². The summed E-state index contributed by atoms with van der Waals surface area (Å²) in [6.45, 7) is 4.72. The Balaban J connectivity index is 1.58. The molecule has 0 atom stereocenters. The van der Waals surface area contributed by atoms with E-state index in [1.54, 1.807) is 6.08 Å². The summed E-state index contributed by atoms with van der Waals surface area (Å²) in [5.74, 6) is 0.462. The maximum Gasteiger partial charge on any atom is 0.283 e. The van der Waals surface area contributed by atoms with E-state index in [4.69, 9.17) is 10.1 Å². The first-order chi connectivity index (χ1) is 15.1. The monoisotopic (exact) mass is 435 g/mol. The molecule has 2 aromatic rings. The fourth-order valence-corrected chi connectivity index (χ4v) is 4.35. The molecule has 3 heterocycles. The number of ether oxygens (including phenoxy) is 1. The van der Waals surface area contributed by atoms with Gasteiger partial charge < -0.3 is 9.30 Å². The van der Waals surface area contributed by atoms with Gasteiger partial charge in [-0.05, 0) is 74.0 Å². The molecule has 2 aliphatic rings. The lowest BCUT2D eigenvalue weighted by Crippen LogP contribution is -2.35. The number of fused-ring (bicyclic) bond motifs is 1. The Morgan fingerprint density at radius 2 is 1.97 bits per heavy atom. The number of hydrazone groups is 1. The molecule has 1 aromatic carbocycles. The number of carbonyl (C=O) groups is 1. The summed E-state index contributed by atoms with van der Waals surface area (Å²) in [7, 11) is 0. The second kappa shape index (κ2) is 9.34. The highest BCUT2D eigenvalue weighted by Gasteiger charge is 2.35. The van der Waals surface area contributed by atoms with E-state index >= 15 is 0 Å². The maximum absolute atomic E-state index is 12.7. The molecule has 7 nitrogen and oxygen atoms in total. The number of carbonyl (C=O) groups excluding carboxylic acids is 1. The zero-order chi connectivity index (χ0) is 21.8. The zero-order valence-electron chi connectivity index (χ0n) is 17.7. The van der Waals surface area contributed by atoms with Crippen molar-refractivity contribution in [3.63, 3.8) is 0 Å². The Bertz CT molecular complexity index is 1080. The second-order valence-electron chi connectivity index (χ2n) is 7.20. The van der Waals surface area contributed by atoms with Gasteiger partial charge >= 0.3 is 0 Å². The summed E-state index contributed by atoms with van der Waals surface area (Å²) in [6, 6.07) is 11.6. The highest BCUT2D eigenvalue weighted by atomic mass is 32.2. The average molecular weight is 436 g/mol. The third-order valence-electron chi connectivity index (χ3n) is 4.99. The highest BCUT2D eigenvalue weighted by Crippen LogP contribution is 2.30. The molecule has 8 heteroatoms. The summed E-state index contributed by atoms with van der Waals surface area (Å²) in [5.41, 5.74) is 1.95. The number of nitrogens with one attached hydrogen (secondary N) is 1. The number of unbranched alkanes of at least 4 members (excludes halogenated alkanes) is 2. The van der Waals surface area contributed by atoms with E-state index in [2.05, 4.69) is 17.0 Å². The molecule has 0 spiro atoms. The van der Waals surface area contributed by atoms with Crippen molar-refractivity contribution < 1.29 is 9.53 Å². The molecule has 0 aliphatic carbocycles. The molecule has 4 rings (SSSR count). The van der Waals surface area contributed by atoms with Gasteiger partial charge in [0.15, 0.2) is 5.84 Å². The Hall–Kier alpha value is -3.13. The van der Waals surface area contributed by atoms with Gasteiger partial charge in [-0.2, -0.15) is 15.1 Å². The normalized spacial score (nSPS) is 17.1. The van der Waals surface area contributed by atoms with Crippen LogP contribution >= 0.6 is 11.8 Å². The molecule has 0 saturated carbocycles. The largest absolute Gasteiger partial charge is 0.494 e. The van der Waals surface area contributed by atoms with Crippen LogP contribution in [0.25, 0.3) is 11.8 Å². The molecule has 0 saturated heterocycles. The van der Waals surface area contributed by atoms with Crippen molar-refractivity contribution in [3.8, 4) is 11.4 Å². The summed E-state index contributed by atoms with van der Waals surface area (Å²) in [6.07, 6.45) is 7.78. The lowest BCUT2D eigenvalue weighted by Gasteiger charge is -2.20. The topological polar surface area (TPSA) is 83.0 Å². The third kappa shape index (κ3) is 4.49. The van der Waals surface area contributed by atoms with Crippen molar-refractivity contribution in [3.05, 3.63) is 53.9 Å². The molecule has 0 fully saturated rings. The van der Waals surface area contributed by atoms with E-state index in [0.29, 0.717) is 11.8 Å². The Kier molecular flexibility index (Phi) is 6.36. The SMILES string of the molecule is CCCCCC1=NN2C(=N)/C(=C\c3cccn3-c3ccc(OCC)cc3)C(=O)N=C2S1. The lowest BCUT2D eigenvalue weighted by atomic mass is 10.1. The molecule has 0 unspecified atom stereocenters. The molecule has 2 aliphatic heterocycles. The Labute approximate surface area is 186 Å². The number of nitrogens with zero attached hydrogens (tertiary/aromatic N) is 4. The van der Waals surface area contributed by atoms with Gasteiger partial charge in [0.2, 0.25) is 5.17 Å². The van der Waals surface area contributed by atoms with E-state index in [-0.39, 0.29) is 11.4 Å². The summed E-state index contributed by atoms with van der Waals surface area (Å²) in [5, 5.41) is 16.0. The fourth-order valence-electron chi connectivity index (χ4n) is 3.42. The van der Waals surface area contributed by atoms with Crippen LogP contribution in [0.15, 0.2) is 58.3 Å². The van der Waals surface area contributed by atoms with Crippen LogP contribution in [0.1, 0.15) is 45.2 Å². The van der Waals surface area contributed by atoms with E-state index in [9.17, 15) is 4.79 Å². The van der Waals surface area contributed by atoms with E-state index in [1.165, 1.54) is 16.8 Å². The predicted octanol–water partition coefficient (Wildman–Crippen LogP) is 5.08. The van der Waals surface area contributed by atoms with Crippen LogP contribution in [0.5, 0.6) is 5.75 Å². The number of amides is 1. The predicted molar refractivity (Wildman–Crippen MR) is 126 cm³/mol. The fraction of sp³-hybridized carbons (Fsp3) is 0.304. The number of hydrogen-bond donors (Lipinski definition) is 1. The summed E-state index contributed by atoms with van der Waals surface area (Å²) < 4.78 is 7.47. The third-order valence-corrected chi connectivity index (χ3v) is 5.96. The average Bonchev–Trinajstić information content (AvgIpc) is 3.39. The number of aliphatic imine (C=N–C) groups is 1. The molecule has 1 aromatic heterocycles. The van der Waals surface area contributed by atoms with E-state index in [1.807, 2.05) is 54.1 Å². The van der Waals surface area contributed by atoms with Crippen LogP contribution in [0.2, 0.25) is 0 Å². The summed E-state index contributed by atoms with van der Waals surface area (Å²) >= 11 is 1.39. The minimum absolute atomic E-state index is 0.0624. The van der Waals surface area contributed by atoms with Crippen LogP contribution < -0.4 is 4.74 Å². The number of rotatable bonds is 8. The van der Waals surface area contributed by atoms with Gasteiger partial charge in [0.25, 0.3) is 5.91 Å². The Morgan fingerprint density at radius 1 is 1.16 bits per heavy atom. The molecule has 1 amide bonds. The van der Waals surface area contributed by atoms with Gasteiger partial charge in [0.05, 0.1) is 12.2 Å². The first-order valence-corrected chi connectivity index (χ1v) is 11.3.